The van der Waals surface area contributed by atoms with Crippen molar-refractivity contribution < 1.29 is 38.5 Å². The molecule has 2 aliphatic rings. The molecule has 2 aliphatic heterocycles. The summed E-state index contributed by atoms with van der Waals surface area (Å²) in [7, 11) is 2.53. The predicted molar refractivity (Wildman–Crippen MR) is 109 cm³/mol. The van der Waals surface area contributed by atoms with Gasteiger partial charge in [-0.05, 0) is 20.8 Å². The molecule has 1 atom stereocenters. The lowest BCUT2D eigenvalue weighted by molar-refractivity contribution is -0.150. The van der Waals surface area contributed by atoms with E-state index in [2.05, 4.69) is 14.8 Å². The fraction of sp³-hybridized carbons (Fsp3) is 0.684. The average molecular weight is 451 g/mol. The number of ketones is 1. The van der Waals surface area contributed by atoms with Gasteiger partial charge in [-0.2, -0.15) is 0 Å². The Kier molecular flexibility index (Phi) is 11.4. The van der Waals surface area contributed by atoms with E-state index < -0.39 is 29.6 Å². The summed E-state index contributed by atoms with van der Waals surface area (Å²) in [5.74, 6) is -1.67. The highest BCUT2D eigenvalue weighted by Gasteiger charge is 2.30. The van der Waals surface area contributed by atoms with Gasteiger partial charge in [-0.15, -0.1) is 12.4 Å². The molecular weight excluding hydrogens is 420 g/mol. The first-order chi connectivity index (χ1) is 13.5. The Morgan fingerprint density at radius 3 is 2.27 bits per heavy atom. The van der Waals surface area contributed by atoms with Crippen LogP contribution < -0.4 is 5.32 Å². The molecule has 0 aromatic rings. The summed E-state index contributed by atoms with van der Waals surface area (Å²) in [6, 6.07) is 0. The van der Waals surface area contributed by atoms with E-state index >= 15 is 0 Å². The zero-order valence-electron chi connectivity index (χ0n) is 18.0. The standard InChI is InChI=1S/C12H19NO5.C7H11NO3.ClH/c1-12(2,3)18-11(16)13-6-5-9(14)8(7-13)10(15)17-4;1-11-7(10)5-4-8-3-2-6(5)9;/h14H,5-7H2,1-4H3;5,8H,2-4H2,1H3;1H. The minimum Gasteiger partial charge on any atom is -0.512 e. The van der Waals surface area contributed by atoms with Crippen molar-refractivity contribution in [3.8, 4) is 0 Å². The number of aliphatic hydroxyl groups is 1. The number of hydrogen-bond donors (Lipinski definition) is 2. The third-order valence-electron chi connectivity index (χ3n) is 4.17. The number of aliphatic hydroxyl groups excluding tert-OH is 1. The van der Waals surface area contributed by atoms with Crippen molar-refractivity contribution in [1.82, 2.24) is 10.2 Å². The van der Waals surface area contributed by atoms with E-state index in [1.807, 2.05) is 0 Å². The fourth-order valence-corrected chi connectivity index (χ4v) is 2.64. The summed E-state index contributed by atoms with van der Waals surface area (Å²) in [6.45, 7) is 6.72. The Bertz CT molecular complexity index is 664. The number of halogens is 1. The van der Waals surface area contributed by atoms with Crippen molar-refractivity contribution in [2.24, 2.45) is 5.92 Å². The topological polar surface area (TPSA) is 131 Å². The maximum absolute atomic E-state index is 11.8. The van der Waals surface area contributed by atoms with Crippen LogP contribution in [0.3, 0.4) is 0 Å². The molecule has 2 rings (SSSR count). The molecule has 0 radical (unpaired) electrons. The number of ether oxygens (including phenoxy) is 3. The van der Waals surface area contributed by atoms with Gasteiger partial charge >= 0.3 is 18.0 Å². The molecular formula is C19H31ClN2O8. The molecule has 1 amide bonds. The van der Waals surface area contributed by atoms with Gasteiger partial charge in [0.15, 0.2) is 0 Å². The van der Waals surface area contributed by atoms with E-state index in [9.17, 15) is 24.3 Å². The third kappa shape index (κ3) is 8.58. The molecule has 2 N–H and O–H groups in total. The van der Waals surface area contributed by atoms with Crippen LogP contribution in [0.1, 0.15) is 33.6 Å². The second-order valence-electron chi connectivity index (χ2n) is 7.56. The first-order valence-electron chi connectivity index (χ1n) is 9.28. The van der Waals surface area contributed by atoms with Crippen molar-refractivity contribution in [2.45, 2.75) is 39.2 Å². The second kappa shape index (κ2) is 12.4. The van der Waals surface area contributed by atoms with Crippen LogP contribution in [0, 0.1) is 5.92 Å². The van der Waals surface area contributed by atoms with Crippen LogP contribution in [0.15, 0.2) is 11.3 Å². The van der Waals surface area contributed by atoms with Gasteiger partial charge in [0.2, 0.25) is 0 Å². The molecule has 0 spiro atoms. The minimum atomic E-state index is -0.624. The lowest BCUT2D eigenvalue weighted by Gasteiger charge is -2.30. The van der Waals surface area contributed by atoms with E-state index in [1.54, 1.807) is 20.8 Å². The number of amides is 1. The number of rotatable bonds is 2. The molecule has 10 nitrogen and oxygen atoms in total. The maximum atomic E-state index is 11.8. The summed E-state index contributed by atoms with van der Waals surface area (Å²) in [4.78, 5) is 46.6. The van der Waals surface area contributed by atoms with Gasteiger partial charge in [0.1, 0.15) is 23.1 Å². The van der Waals surface area contributed by atoms with Crippen LogP contribution in [-0.4, -0.2) is 79.8 Å². The molecule has 1 unspecified atom stereocenters. The number of carbonyl (C=O) groups is 4. The van der Waals surface area contributed by atoms with Gasteiger partial charge in [-0.1, -0.05) is 0 Å². The van der Waals surface area contributed by atoms with Crippen molar-refractivity contribution in [3.63, 3.8) is 0 Å². The Morgan fingerprint density at radius 1 is 1.13 bits per heavy atom. The van der Waals surface area contributed by atoms with Crippen molar-refractivity contribution in [2.75, 3.05) is 40.4 Å². The van der Waals surface area contributed by atoms with Gasteiger partial charge in [0.25, 0.3) is 0 Å². The zero-order valence-corrected chi connectivity index (χ0v) is 18.8. The fourth-order valence-electron chi connectivity index (χ4n) is 2.64. The van der Waals surface area contributed by atoms with Gasteiger partial charge in [0.05, 0.1) is 26.3 Å². The van der Waals surface area contributed by atoms with Crippen LogP contribution in [0.2, 0.25) is 0 Å². The predicted octanol–water partition coefficient (Wildman–Crippen LogP) is 1.37. The third-order valence-corrected chi connectivity index (χ3v) is 4.17. The number of methoxy groups -OCH3 is 2. The van der Waals surface area contributed by atoms with E-state index in [4.69, 9.17) is 4.74 Å². The largest absolute Gasteiger partial charge is 0.512 e. The first-order valence-corrected chi connectivity index (χ1v) is 9.28. The van der Waals surface area contributed by atoms with Crippen LogP contribution >= 0.6 is 12.4 Å². The molecule has 0 bridgehead atoms. The average Bonchev–Trinajstić information content (AvgIpc) is 2.66. The van der Waals surface area contributed by atoms with Crippen LogP contribution in [-0.2, 0) is 28.6 Å². The smallest absolute Gasteiger partial charge is 0.410 e. The molecule has 0 aromatic carbocycles. The number of nitrogens with zero attached hydrogens (tertiary/aromatic N) is 1. The lowest BCUT2D eigenvalue weighted by atomic mass is 9.98. The summed E-state index contributed by atoms with van der Waals surface area (Å²) < 4.78 is 14.2. The molecule has 1 fully saturated rings. The van der Waals surface area contributed by atoms with E-state index in [1.165, 1.54) is 19.1 Å². The minimum absolute atomic E-state index is 0. The Morgan fingerprint density at radius 2 is 1.77 bits per heavy atom. The quantitative estimate of drug-likeness (QED) is 0.363. The van der Waals surface area contributed by atoms with Gasteiger partial charge in [-0.25, -0.2) is 9.59 Å². The van der Waals surface area contributed by atoms with E-state index in [0.717, 1.165) is 0 Å². The summed E-state index contributed by atoms with van der Waals surface area (Å²) >= 11 is 0. The molecule has 30 heavy (non-hydrogen) atoms. The lowest BCUT2D eigenvalue weighted by Crippen LogP contribution is -2.42. The molecule has 1 saturated heterocycles. The molecule has 172 valence electrons. The molecule has 2 heterocycles. The van der Waals surface area contributed by atoms with Crippen LogP contribution in [0.25, 0.3) is 0 Å². The summed E-state index contributed by atoms with van der Waals surface area (Å²) in [5, 5.41) is 12.6. The van der Waals surface area contributed by atoms with Gasteiger partial charge in [-0.3, -0.25) is 9.59 Å². The summed E-state index contributed by atoms with van der Waals surface area (Å²) in [5.41, 5.74) is -0.485. The Balaban J connectivity index is 0.000000603. The second-order valence-corrected chi connectivity index (χ2v) is 7.56. The zero-order chi connectivity index (χ0) is 22.2. The SMILES string of the molecule is COC(=O)C1=C(O)CCN(C(=O)OC(C)(C)C)C1.COC(=O)C1CNCCC1=O.Cl. The number of piperidine rings is 1. The normalized spacial score (nSPS) is 19.0. The Labute approximate surface area is 182 Å². The van der Waals surface area contributed by atoms with E-state index in [-0.39, 0.29) is 42.5 Å². The highest BCUT2D eigenvalue weighted by molar-refractivity contribution is 5.99. The van der Waals surface area contributed by atoms with E-state index in [0.29, 0.717) is 26.1 Å². The van der Waals surface area contributed by atoms with Crippen molar-refractivity contribution in [3.05, 3.63) is 11.3 Å². The van der Waals surface area contributed by atoms with Crippen molar-refractivity contribution >= 4 is 36.2 Å². The monoisotopic (exact) mass is 450 g/mol. The van der Waals surface area contributed by atoms with Crippen molar-refractivity contribution in [1.29, 1.82) is 0 Å². The number of esters is 2. The number of carbonyl (C=O) groups excluding carboxylic acids is 4. The molecule has 0 aliphatic carbocycles. The maximum Gasteiger partial charge on any atom is 0.410 e. The molecule has 0 saturated carbocycles. The first kappa shape index (κ1) is 27.7. The number of Topliss-reactive ketones (excluding diaryl/α,β-unsaturated/α-hetero) is 1. The van der Waals surface area contributed by atoms with Crippen LogP contribution in [0.5, 0.6) is 0 Å². The number of nitrogens with one attached hydrogen (secondary N) is 1. The summed E-state index contributed by atoms with van der Waals surface area (Å²) in [6.07, 6.45) is 0.153. The number of hydrogen-bond acceptors (Lipinski definition) is 9. The molecule has 11 heteroatoms. The highest BCUT2D eigenvalue weighted by Crippen LogP contribution is 2.19. The highest BCUT2D eigenvalue weighted by atomic mass is 35.5. The Hall–Kier alpha value is -2.33. The van der Waals surface area contributed by atoms with Gasteiger partial charge in [0, 0.05) is 32.5 Å². The molecule has 0 aromatic heterocycles. The van der Waals surface area contributed by atoms with Crippen LogP contribution in [0.4, 0.5) is 4.79 Å². The van der Waals surface area contributed by atoms with Gasteiger partial charge < -0.3 is 29.5 Å².